The summed E-state index contributed by atoms with van der Waals surface area (Å²) in [5, 5.41) is 22.3. The number of carbonyl (C=O) groups excluding carboxylic acids is 1. The summed E-state index contributed by atoms with van der Waals surface area (Å²) in [6, 6.07) is -1.75. The van der Waals surface area contributed by atoms with Gasteiger partial charge in [-0.15, -0.1) is 0 Å². The van der Waals surface area contributed by atoms with Crippen LogP contribution >= 0.6 is 0 Å². The molecule has 4 N–H and O–H groups in total. The SMILES string of the molecule is O=C(NCC1(C2CC2)CC1)N[C@H](CO)C(=O)O. The van der Waals surface area contributed by atoms with Crippen molar-refractivity contribution in [3.05, 3.63) is 0 Å². The molecule has 96 valence electrons. The van der Waals surface area contributed by atoms with Crippen molar-refractivity contribution >= 4 is 12.0 Å². The fourth-order valence-electron chi connectivity index (χ4n) is 2.24. The Bertz CT molecular complexity index is 323. The maximum atomic E-state index is 11.4. The summed E-state index contributed by atoms with van der Waals surface area (Å²) in [6.45, 7) is 0.0117. The minimum absolute atomic E-state index is 0.287. The molecule has 2 amide bonds. The molecule has 0 radical (unpaired) electrons. The maximum absolute atomic E-state index is 11.4. The zero-order valence-corrected chi connectivity index (χ0v) is 9.61. The summed E-state index contributed by atoms with van der Waals surface area (Å²) in [6.07, 6.45) is 4.80. The van der Waals surface area contributed by atoms with E-state index in [0.717, 1.165) is 18.8 Å². The monoisotopic (exact) mass is 242 g/mol. The van der Waals surface area contributed by atoms with E-state index in [1.54, 1.807) is 0 Å². The quantitative estimate of drug-likeness (QED) is 0.523. The lowest BCUT2D eigenvalue weighted by Gasteiger charge is -2.17. The normalized spacial score (nSPS) is 22.6. The van der Waals surface area contributed by atoms with Crippen molar-refractivity contribution in [2.45, 2.75) is 31.7 Å². The summed E-state index contributed by atoms with van der Waals surface area (Å²) in [7, 11) is 0. The first-order chi connectivity index (χ1) is 8.07. The van der Waals surface area contributed by atoms with E-state index in [4.69, 9.17) is 10.2 Å². The predicted molar refractivity (Wildman–Crippen MR) is 59.4 cm³/mol. The number of rotatable bonds is 6. The van der Waals surface area contributed by atoms with E-state index >= 15 is 0 Å². The molecule has 0 aromatic heterocycles. The Balaban J connectivity index is 1.72. The van der Waals surface area contributed by atoms with Crippen LogP contribution in [0.3, 0.4) is 0 Å². The van der Waals surface area contributed by atoms with E-state index in [1.165, 1.54) is 12.8 Å². The Morgan fingerprint density at radius 2 is 2.00 bits per heavy atom. The fraction of sp³-hybridized carbons (Fsp3) is 0.818. The van der Waals surface area contributed by atoms with Gasteiger partial charge in [-0.2, -0.15) is 0 Å². The van der Waals surface area contributed by atoms with E-state index in [-0.39, 0.29) is 5.41 Å². The molecule has 2 aliphatic rings. The predicted octanol–water partition coefficient (Wildman–Crippen LogP) is -0.0787. The van der Waals surface area contributed by atoms with Gasteiger partial charge in [-0.05, 0) is 37.0 Å². The van der Waals surface area contributed by atoms with Crippen LogP contribution in [0.4, 0.5) is 4.79 Å². The highest BCUT2D eigenvalue weighted by Gasteiger charge is 2.53. The summed E-state index contributed by atoms with van der Waals surface area (Å²) in [4.78, 5) is 22.0. The van der Waals surface area contributed by atoms with Crippen LogP contribution in [0.1, 0.15) is 25.7 Å². The van der Waals surface area contributed by atoms with Gasteiger partial charge in [0.05, 0.1) is 6.61 Å². The molecule has 2 rings (SSSR count). The van der Waals surface area contributed by atoms with E-state index in [1.807, 2.05) is 0 Å². The molecule has 0 saturated heterocycles. The smallest absolute Gasteiger partial charge is 0.328 e. The number of hydrogen-bond acceptors (Lipinski definition) is 3. The fourth-order valence-corrected chi connectivity index (χ4v) is 2.24. The van der Waals surface area contributed by atoms with Crippen LogP contribution in [0.15, 0.2) is 0 Å². The highest BCUT2D eigenvalue weighted by atomic mass is 16.4. The van der Waals surface area contributed by atoms with Gasteiger partial charge in [0.2, 0.25) is 0 Å². The summed E-state index contributed by atoms with van der Waals surface area (Å²) >= 11 is 0. The minimum Gasteiger partial charge on any atom is -0.480 e. The molecule has 0 aliphatic heterocycles. The lowest BCUT2D eigenvalue weighted by Crippen LogP contribution is -2.49. The molecule has 6 nitrogen and oxygen atoms in total. The van der Waals surface area contributed by atoms with Gasteiger partial charge in [0.25, 0.3) is 0 Å². The average molecular weight is 242 g/mol. The van der Waals surface area contributed by atoms with Crippen LogP contribution in [0, 0.1) is 11.3 Å². The number of amides is 2. The average Bonchev–Trinajstić information content (AvgIpc) is 3.15. The molecule has 2 aliphatic carbocycles. The molecule has 6 heteroatoms. The molecule has 1 atom stereocenters. The topological polar surface area (TPSA) is 98.7 Å². The third kappa shape index (κ3) is 2.88. The van der Waals surface area contributed by atoms with Crippen molar-refractivity contribution in [3.8, 4) is 0 Å². The Hall–Kier alpha value is -1.30. The second-order valence-electron chi connectivity index (χ2n) is 5.04. The number of hydrogen-bond donors (Lipinski definition) is 4. The number of carboxylic acids is 1. The van der Waals surface area contributed by atoms with E-state index in [0.29, 0.717) is 6.54 Å². The van der Waals surface area contributed by atoms with Crippen LogP contribution < -0.4 is 10.6 Å². The molecule has 0 unspecified atom stereocenters. The number of carbonyl (C=O) groups is 2. The van der Waals surface area contributed by atoms with E-state index in [9.17, 15) is 9.59 Å². The summed E-state index contributed by atoms with van der Waals surface area (Å²) < 4.78 is 0. The van der Waals surface area contributed by atoms with E-state index < -0.39 is 24.6 Å². The van der Waals surface area contributed by atoms with Crippen LogP contribution in [-0.4, -0.2) is 41.4 Å². The van der Waals surface area contributed by atoms with E-state index in [2.05, 4.69) is 10.6 Å². The van der Waals surface area contributed by atoms with Gasteiger partial charge < -0.3 is 20.8 Å². The van der Waals surface area contributed by atoms with Gasteiger partial charge in [-0.3, -0.25) is 0 Å². The second-order valence-corrected chi connectivity index (χ2v) is 5.04. The van der Waals surface area contributed by atoms with Gasteiger partial charge in [-0.1, -0.05) is 0 Å². The zero-order chi connectivity index (χ0) is 12.5. The maximum Gasteiger partial charge on any atom is 0.328 e. The van der Waals surface area contributed by atoms with Crippen molar-refractivity contribution in [3.63, 3.8) is 0 Å². The molecular formula is C11H18N2O4. The Morgan fingerprint density at radius 3 is 2.41 bits per heavy atom. The number of aliphatic hydroxyl groups is 1. The standard InChI is InChI=1S/C11H18N2O4/c14-5-8(9(15)16)13-10(17)12-6-11(3-4-11)7-1-2-7/h7-8,14H,1-6H2,(H,15,16)(H2,12,13,17)/t8-/m1/s1. The first kappa shape index (κ1) is 12.2. The highest BCUT2D eigenvalue weighted by Crippen LogP contribution is 2.60. The first-order valence-corrected chi connectivity index (χ1v) is 5.95. The van der Waals surface area contributed by atoms with Gasteiger partial charge >= 0.3 is 12.0 Å². The lowest BCUT2D eigenvalue weighted by molar-refractivity contribution is -0.140. The van der Waals surface area contributed by atoms with Gasteiger partial charge in [0.15, 0.2) is 6.04 Å². The van der Waals surface area contributed by atoms with Crippen LogP contribution in [0.5, 0.6) is 0 Å². The summed E-state index contributed by atoms with van der Waals surface area (Å²) in [5.41, 5.74) is 0.287. The molecule has 0 aromatic carbocycles. The van der Waals surface area contributed by atoms with Gasteiger partial charge in [-0.25, -0.2) is 9.59 Å². The molecule has 17 heavy (non-hydrogen) atoms. The lowest BCUT2D eigenvalue weighted by atomic mass is 10.0. The minimum atomic E-state index is -1.23. The van der Waals surface area contributed by atoms with Crippen molar-refractivity contribution in [2.24, 2.45) is 11.3 Å². The van der Waals surface area contributed by atoms with Crippen LogP contribution in [-0.2, 0) is 4.79 Å². The molecule has 2 saturated carbocycles. The molecule has 0 bridgehead atoms. The zero-order valence-electron chi connectivity index (χ0n) is 9.61. The number of urea groups is 1. The number of carboxylic acid groups (broad SMARTS) is 1. The molecule has 0 heterocycles. The van der Waals surface area contributed by atoms with Crippen LogP contribution in [0.2, 0.25) is 0 Å². The Kier molecular flexibility index (Phi) is 3.24. The summed E-state index contributed by atoms with van der Waals surface area (Å²) in [5.74, 6) is -0.484. The molecular weight excluding hydrogens is 224 g/mol. The van der Waals surface area contributed by atoms with Gasteiger partial charge in [0.1, 0.15) is 0 Å². The van der Waals surface area contributed by atoms with Crippen molar-refractivity contribution in [2.75, 3.05) is 13.2 Å². The number of aliphatic hydroxyl groups excluding tert-OH is 1. The third-order valence-corrected chi connectivity index (χ3v) is 3.72. The number of aliphatic carboxylic acids is 1. The van der Waals surface area contributed by atoms with Crippen molar-refractivity contribution in [1.82, 2.24) is 10.6 Å². The van der Waals surface area contributed by atoms with Gasteiger partial charge in [0, 0.05) is 6.54 Å². The van der Waals surface area contributed by atoms with Crippen molar-refractivity contribution in [1.29, 1.82) is 0 Å². The Morgan fingerprint density at radius 1 is 1.35 bits per heavy atom. The molecule has 0 spiro atoms. The van der Waals surface area contributed by atoms with Crippen LogP contribution in [0.25, 0.3) is 0 Å². The Labute approximate surface area is 99.4 Å². The highest BCUT2D eigenvalue weighted by molar-refractivity contribution is 5.82. The second kappa shape index (κ2) is 4.52. The third-order valence-electron chi connectivity index (χ3n) is 3.72. The van der Waals surface area contributed by atoms with Crippen molar-refractivity contribution < 1.29 is 19.8 Å². The first-order valence-electron chi connectivity index (χ1n) is 5.95. The number of nitrogens with one attached hydrogen (secondary N) is 2. The molecule has 0 aromatic rings. The largest absolute Gasteiger partial charge is 0.480 e. The molecule has 2 fully saturated rings.